The standard InChI is InChI=1S/C15H14N2O6/c1-22-14(18)9-7-11(15(19)23-2)13(16-8-9)10-5-3-4-6-12(10)17(20)21/h3-8,13,16H,1-2H3. The van der Waals surface area contributed by atoms with E-state index in [1.54, 1.807) is 6.07 Å². The zero-order valence-electron chi connectivity index (χ0n) is 12.4. The second-order valence-electron chi connectivity index (χ2n) is 4.60. The van der Waals surface area contributed by atoms with Gasteiger partial charge in [0.25, 0.3) is 5.69 Å². The molecule has 0 radical (unpaired) electrons. The fraction of sp³-hybridized carbons (Fsp3) is 0.200. The molecule has 1 aromatic rings. The highest BCUT2D eigenvalue weighted by Crippen LogP contribution is 2.33. The maximum atomic E-state index is 12.0. The molecule has 1 aromatic carbocycles. The minimum absolute atomic E-state index is 0.0738. The normalized spacial score (nSPS) is 16.5. The highest BCUT2D eigenvalue weighted by Gasteiger charge is 2.31. The number of hydrogen-bond acceptors (Lipinski definition) is 7. The molecule has 0 bridgehead atoms. The third-order valence-electron chi connectivity index (χ3n) is 3.31. The lowest BCUT2D eigenvalue weighted by Crippen LogP contribution is -2.28. The fourth-order valence-corrected chi connectivity index (χ4v) is 2.24. The van der Waals surface area contributed by atoms with Gasteiger partial charge in [0.1, 0.15) is 0 Å². The number of nitrogens with one attached hydrogen (secondary N) is 1. The van der Waals surface area contributed by atoms with E-state index in [9.17, 15) is 19.7 Å². The summed E-state index contributed by atoms with van der Waals surface area (Å²) >= 11 is 0. The molecule has 0 aromatic heterocycles. The summed E-state index contributed by atoms with van der Waals surface area (Å²) in [6.45, 7) is 0. The molecule has 0 spiro atoms. The molecule has 2 rings (SSSR count). The number of benzene rings is 1. The topological polar surface area (TPSA) is 108 Å². The number of hydrogen-bond donors (Lipinski definition) is 1. The molecule has 120 valence electrons. The number of methoxy groups -OCH3 is 2. The Morgan fingerprint density at radius 2 is 1.83 bits per heavy atom. The molecular formula is C15H14N2O6. The predicted octanol–water partition coefficient (Wildman–Crippen LogP) is 1.40. The van der Waals surface area contributed by atoms with Gasteiger partial charge in [-0.2, -0.15) is 0 Å². The van der Waals surface area contributed by atoms with Crippen LogP contribution < -0.4 is 5.32 Å². The minimum atomic E-state index is -0.808. The molecule has 1 N–H and O–H groups in total. The van der Waals surface area contributed by atoms with Crippen LogP contribution in [0, 0.1) is 10.1 Å². The zero-order valence-corrected chi connectivity index (χ0v) is 12.4. The average molecular weight is 318 g/mol. The molecule has 23 heavy (non-hydrogen) atoms. The average Bonchev–Trinajstić information content (AvgIpc) is 2.59. The molecule has 0 saturated carbocycles. The largest absolute Gasteiger partial charge is 0.466 e. The number of carbonyl (C=O) groups is 2. The monoisotopic (exact) mass is 318 g/mol. The third-order valence-corrected chi connectivity index (χ3v) is 3.31. The van der Waals surface area contributed by atoms with Gasteiger partial charge in [0.2, 0.25) is 0 Å². The lowest BCUT2D eigenvalue weighted by Gasteiger charge is -2.23. The molecule has 1 aliphatic heterocycles. The summed E-state index contributed by atoms with van der Waals surface area (Å²) in [5.41, 5.74) is 0.330. The van der Waals surface area contributed by atoms with Crippen LogP contribution in [-0.2, 0) is 19.1 Å². The van der Waals surface area contributed by atoms with Gasteiger partial charge in [-0.15, -0.1) is 0 Å². The molecule has 8 nitrogen and oxygen atoms in total. The van der Waals surface area contributed by atoms with Crippen molar-refractivity contribution in [1.82, 2.24) is 5.32 Å². The summed E-state index contributed by atoms with van der Waals surface area (Å²) in [7, 11) is 2.40. The van der Waals surface area contributed by atoms with E-state index in [4.69, 9.17) is 4.74 Å². The first kappa shape index (κ1) is 16.2. The smallest absolute Gasteiger partial charge is 0.339 e. The number of dihydropyridines is 1. The summed E-state index contributed by atoms with van der Waals surface area (Å²) in [4.78, 5) is 34.3. The van der Waals surface area contributed by atoms with E-state index in [0.29, 0.717) is 0 Å². The van der Waals surface area contributed by atoms with Gasteiger partial charge in [-0.05, 0) is 12.1 Å². The molecule has 1 heterocycles. The Morgan fingerprint density at radius 3 is 2.43 bits per heavy atom. The number of nitrogens with zero attached hydrogens (tertiary/aromatic N) is 1. The van der Waals surface area contributed by atoms with Crippen LogP contribution in [0.25, 0.3) is 0 Å². The zero-order chi connectivity index (χ0) is 17.0. The summed E-state index contributed by atoms with van der Waals surface area (Å²) in [6, 6.07) is 5.22. The quantitative estimate of drug-likeness (QED) is 0.508. The maximum Gasteiger partial charge on any atom is 0.339 e. The Hall–Kier alpha value is -3.16. The van der Waals surface area contributed by atoms with Crippen molar-refractivity contribution in [3.63, 3.8) is 0 Å². The molecule has 0 amide bonds. The molecule has 1 aliphatic rings. The third kappa shape index (κ3) is 3.20. The molecule has 1 atom stereocenters. The van der Waals surface area contributed by atoms with Gasteiger partial charge in [0, 0.05) is 12.3 Å². The summed E-state index contributed by atoms with van der Waals surface area (Å²) in [5.74, 6) is -1.34. The van der Waals surface area contributed by atoms with E-state index in [2.05, 4.69) is 10.1 Å². The highest BCUT2D eigenvalue weighted by atomic mass is 16.6. The Bertz CT molecular complexity index is 722. The van der Waals surface area contributed by atoms with E-state index in [0.717, 1.165) is 0 Å². The van der Waals surface area contributed by atoms with Gasteiger partial charge in [0.15, 0.2) is 0 Å². The van der Waals surface area contributed by atoms with Crippen molar-refractivity contribution < 1.29 is 24.0 Å². The number of rotatable bonds is 4. The Kier molecular flexibility index (Phi) is 4.75. The second-order valence-corrected chi connectivity index (χ2v) is 4.60. The number of esters is 2. The van der Waals surface area contributed by atoms with Crippen LogP contribution in [0.3, 0.4) is 0 Å². The molecule has 8 heteroatoms. The van der Waals surface area contributed by atoms with Crippen LogP contribution >= 0.6 is 0 Å². The number of ether oxygens (including phenoxy) is 2. The van der Waals surface area contributed by atoms with Crippen LogP contribution in [-0.4, -0.2) is 31.1 Å². The van der Waals surface area contributed by atoms with Gasteiger partial charge in [-0.3, -0.25) is 10.1 Å². The summed E-state index contributed by atoms with van der Waals surface area (Å²) in [5, 5.41) is 14.0. The van der Waals surface area contributed by atoms with Gasteiger partial charge in [-0.25, -0.2) is 9.59 Å². The van der Waals surface area contributed by atoms with E-state index in [1.165, 1.54) is 44.7 Å². The second kappa shape index (κ2) is 6.73. The van der Waals surface area contributed by atoms with Gasteiger partial charge in [0.05, 0.1) is 41.9 Å². The van der Waals surface area contributed by atoms with Crippen LogP contribution in [0.4, 0.5) is 5.69 Å². The molecule has 0 fully saturated rings. The fourth-order valence-electron chi connectivity index (χ4n) is 2.24. The lowest BCUT2D eigenvalue weighted by atomic mass is 9.93. The minimum Gasteiger partial charge on any atom is -0.466 e. The van der Waals surface area contributed by atoms with Crippen LogP contribution in [0.15, 0.2) is 47.7 Å². The highest BCUT2D eigenvalue weighted by molar-refractivity contribution is 5.98. The van der Waals surface area contributed by atoms with Crippen LogP contribution in [0.1, 0.15) is 11.6 Å². The summed E-state index contributed by atoms with van der Waals surface area (Å²) in [6.07, 6.45) is 2.65. The van der Waals surface area contributed by atoms with Crippen molar-refractivity contribution >= 4 is 17.6 Å². The van der Waals surface area contributed by atoms with Crippen LogP contribution in [0.2, 0.25) is 0 Å². The maximum absolute atomic E-state index is 12.0. The molecule has 1 unspecified atom stereocenters. The van der Waals surface area contributed by atoms with Gasteiger partial charge < -0.3 is 14.8 Å². The van der Waals surface area contributed by atoms with Gasteiger partial charge in [-0.1, -0.05) is 12.1 Å². The molecule has 0 aliphatic carbocycles. The molecule has 0 saturated heterocycles. The van der Waals surface area contributed by atoms with Crippen molar-refractivity contribution in [3.05, 3.63) is 63.4 Å². The van der Waals surface area contributed by atoms with Crippen LogP contribution in [0.5, 0.6) is 0 Å². The predicted molar refractivity (Wildman–Crippen MR) is 79.2 cm³/mol. The van der Waals surface area contributed by atoms with E-state index in [-0.39, 0.29) is 22.4 Å². The van der Waals surface area contributed by atoms with Crippen molar-refractivity contribution in [2.75, 3.05) is 14.2 Å². The van der Waals surface area contributed by atoms with Crippen molar-refractivity contribution in [3.8, 4) is 0 Å². The van der Waals surface area contributed by atoms with Crippen molar-refractivity contribution in [2.45, 2.75) is 6.04 Å². The van der Waals surface area contributed by atoms with E-state index < -0.39 is 22.9 Å². The first-order chi connectivity index (χ1) is 11.0. The van der Waals surface area contributed by atoms with Crippen molar-refractivity contribution in [1.29, 1.82) is 0 Å². The Labute approximate surface area is 131 Å². The summed E-state index contributed by atoms with van der Waals surface area (Å²) < 4.78 is 9.31. The first-order valence-electron chi connectivity index (χ1n) is 6.57. The number of para-hydroxylation sites is 1. The lowest BCUT2D eigenvalue weighted by molar-refractivity contribution is -0.385. The van der Waals surface area contributed by atoms with E-state index in [1.807, 2.05) is 0 Å². The van der Waals surface area contributed by atoms with Gasteiger partial charge >= 0.3 is 11.9 Å². The Morgan fingerprint density at radius 1 is 1.17 bits per heavy atom. The first-order valence-corrected chi connectivity index (χ1v) is 6.57. The number of carbonyl (C=O) groups excluding carboxylic acids is 2. The number of nitro groups is 1. The SMILES string of the molecule is COC(=O)C1=CNC(c2ccccc2[N+](=O)[O-])C(C(=O)OC)=C1. The molecular weight excluding hydrogens is 304 g/mol. The Balaban J connectivity index is 2.50. The van der Waals surface area contributed by atoms with E-state index >= 15 is 0 Å². The van der Waals surface area contributed by atoms with Crippen molar-refractivity contribution in [2.24, 2.45) is 0 Å². The number of nitro benzene ring substituents is 1.